The van der Waals surface area contributed by atoms with Gasteiger partial charge in [-0.05, 0) is 138 Å². The molecule has 1 nitrogen and oxygen atoms in total. The van der Waals surface area contributed by atoms with Gasteiger partial charge in [-0.15, -0.1) is 0 Å². The lowest BCUT2D eigenvalue weighted by atomic mass is 9.62. The molecule has 212 valence electrons. The van der Waals surface area contributed by atoms with Gasteiger partial charge in [0.05, 0.1) is 11.2 Å². The lowest BCUT2D eigenvalue weighted by Gasteiger charge is -2.43. The maximum Gasteiger partial charge on any atom is 0.0717 e. The van der Waals surface area contributed by atoms with Crippen molar-refractivity contribution < 1.29 is 0 Å². The zero-order valence-electron chi connectivity index (χ0n) is 26.6. The molecule has 0 aliphatic heterocycles. The van der Waals surface area contributed by atoms with Crippen LogP contribution in [0.1, 0.15) is 115 Å². The standard InChI is InChI=1S/C39H51N/c1-25(2)23-39(24-26(3)4)16-14-29(15-17-39)33-22-35(40-36-19-27(5)18-28(6)37(33)36)31-20-30-12-10-11-13-32(30)34(21-31)38(7,8)9/h10-13,18-22,25-26,29H,14-17,23-24H2,1-9H3. The Hall–Kier alpha value is -2.67. The van der Waals surface area contributed by atoms with Gasteiger partial charge in [0.25, 0.3) is 0 Å². The fraction of sp³-hybridized carbons (Fsp3) is 0.513. The molecule has 3 aromatic carbocycles. The molecule has 0 unspecified atom stereocenters. The SMILES string of the molecule is Cc1cc(C)c2c(C3CCC(CC(C)C)(CC(C)C)CC3)cc(-c3cc(C(C)(C)C)c4ccccc4c3)nc2c1. The summed E-state index contributed by atoms with van der Waals surface area (Å²) in [7, 11) is 0. The first-order valence-corrected chi connectivity index (χ1v) is 15.8. The van der Waals surface area contributed by atoms with Gasteiger partial charge in [0.2, 0.25) is 0 Å². The van der Waals surface area contributed by atoms with Crippen LogP contribution < -0.4 is 0 Å². The maximum atomic E-state index is 5.36. The number of benzene rings is 3. The number of hydrogen-bond donors (Lipinski definition) is 0. The van der Waals surface area contributed by atoms with Crippen molar-refractivity contribution in [3.8, 4) is 11.3 Å². The first-order valence-electron chi connectivity index (χ1n) is 15.8. The Morgan fingerprint density at radius 2 is 1.50 bits per heavy atom. The number of hydrogen-bond acceptors (Lipinski definition) is 1. The average Bonchev–Trinajstić information content (AvgIpc) is 2.86. The molecule has 1 fully saturated rings. The van der Waals surface area contributed by atoms with Gasteiger partial charge < -0.3 is 0 Å². The smallest absolute Gasteiger partial charge is 0.0717 e. The summed E-state index contributed by atoms with van der Waals surface area (Å²) in [5.41, 5.74) is 9.71. The van der Waals surface area contributed by atoms with E-state index >= 15 is 0 Å². The summed E-state index contributed by atoms with van der Waals surface area (Å²) in [6.45, 7) is 21.1. The molecule has 1 heteroatoms. The maximum absolute atomic E-state index is 5.36. The van der Waals surface area contributed by atoms with Crippen LogP contribution in [0.2, 0.25) is 0 Å². The van der Waals surface area contributed by atoms with E-state index in [9.17, 15) is 0 Å². The van der Waals surface area contributed by atoms with Crippen molar-refractivity contribution in [2.24, 2.45) is 17.3 Å². The Kier molecular flexibility index (Phi) is 7.90. The van der Waals surface area contributed by atoms with Crippen molar-refractivity contribution in [1.29, 1.82) is 0 Å². The summed E-state index contributed by atoms with van der Waals surface area (Å²) in [6.07, 6.45) is 8.01. The second-order valence-electron chi connectivity index (χ2n) is 15.0. The van der Waals surface area contributed by atoms with E-state index < -0.39 is 0 Å². The lowest BCUT2D eigenvalue weighted by Crippen LogP contribution is -2.30. The van der Waals surface area contributed by atoms with E-state index in [4.69, 9.17) is 4.98 Å². The van der Waals surface area contributed by atoms with E-state index in [0.717, 1.165) is 23.0 Å². The van der Waals surface area contributed by atoms with Crippen LogP contribution >= 0.6 is 0 Å². The molecule has 0 spiro atoms. The van der Waals surface area contributed by atoms with Gasteiger partial charge in [0.15, 0.2) is 0 Å². The van der Waals surface area contributed by atoms with Crippen molar-refractivity contribution in [3.05, 3.63) is 76.9 Å². The van der Waals surface area contributed by atoms with Crippen molar-refractivity contribution in [2.75, 3.05) is 0 Å². The normalized spacial score (nSPS) is 16.5. The zero-order valence-corrected chi connectivity index (χ0v) is 26.6. The number of nitrogens with zero attached hydrogens (tertiary/aromatic N) is 1. The highest BCUT2D eigenvalue weighted by atomic mass is 14.7. The number of aryl methyl sites for hydroxylation is 2. The first kappa shape index (κ1) is 28.8. The summed E-state index contributed by atoms with van der Waals surface area (Å²) in [6, 6.07) is 20.8. The highest BCUT2D eigenvalue weighted by Crippen LogP contribution is 2.51. The van der Waals surface area contributed by atoms with Gasteiger partial charge in [-0.25, -0.2) is 4.98 Å². The molecular weight excluding hydrogens is 482 g/mol. The molecule has 40 heavy (non-hydrogen) atoms. The van der Waals surface area contributed by atoms with Gasteiger partial charge in [0.1, 0.15) is 0 Å². The summed E-state index contributed by atoms with van der Waals surface area (Å²) in [4.78, 5) is 5.36. The molecule has 0 atom stereocenters. The zero-order chi connectivity index (χ0) is 28.8. The molecule has 1 saturated carbocycles. The molecule has 4 aromatic rings. The summed E-state index contributed by atoms with van der Waals surface area (Å²) >= 11 is 0. The predicted octanol–water partition coefficient (Wildman–Crippen LogP) is 11.7. The van der Waals surface area contributed by atoms with Crippen molar-refractivity contribution in [1.82, 2.24) is 4.98 Å². The van der Waals surface area contributed by atoms with Crippen molar-refractivity contribution >= 4 is 21.7 Å². The third-order valence-electron chi connectivity index (χ3n) is 9.42. The molecule has 0 bridgehead atoms. The fourth-order valence-corrected chi connectivity index (χ4v) is 8.10. The minimum atomic E-state index is 0.0575. The fourth-order valence-electron chi connectivity index (χ4n) is 8.10. The number of aromatic nitrogens is 1. The van der Waals surface area contributed by atoms with E-state index in [2.05, 4.69) is 117 Å². The Morgan fingerprint density at radius 3 is 2.12 bits per heavy atom. The molecule has 5 rings (SSSR count). The van der Waals surface area contributed by atoms with Crippen LogP contribution in [0.3, 0.4) is 0 Å². The van der Waals surface area contributed by atoms with E-state index in [0.29, 0.717) is 11.3 Å². The summed E-state index contributed by atoms with van der Waals surface area (Å²) < 4.78 is 0. The van der Waals surface area contributed by atoms with Gasteiger partial charge in [-0.1, -0.05) is 78.8 Å². The highest BCUT2D eigenvalue weighted by molar-refractivity contribution is 5.93. The lowest BCUT2D eigenvalue weighted by molar-refractivity contribution is 0.108. The van der Waals surface area contributed by atoms with Crippen molar-refractivity contribution in [3.63, 3.8) is 0 Å². The highest BCUT2D eigenvalue weighted by Gasteiger charge is 2.37. The predicted molar refractivity (Wildman–Crippen MR) is 175 cm³/mol. The number of rotatable bonds is 6. The van der Waals surface area contributed by atoms with Crippen LogP contribution in [0, 0.1) is 31.1 Å². The summed E-state index contributed by atoms with van der Waals surface area (Å²) in [5, 5.41) is 4.06. The van der Waals surface area contributed by atoms with E-state index in [1.165, 1.54) is 82.5 Å². The average molecular weight is 534 g/mol. The second-order valence-corrected chi connectivity index (χ2v) is 15.0. The van der Waals surface area contributed by atoms with Crippen LogP contribution in [-0.4, -0.2) is 4.98 Å². The Labute approximate surface area is 243 Å². The quantitative estimate of drug-likeness (QED) is 0.240. The molecule has 0 radical (unpaired) electrons. The Balaban J connectivity index is 1.63. The van der Waals surface area contributed by atoms with Crippen LogP contribution in [-0.2, 0) is 5.41 Å². The Morgan fingerprint density at radius 1 is 0.850 bits per heavy atom. The molecule has 0 amide bonds. The minimum Gasteiger partial charge on any atom is -0.248 e. The van der Waals surface area contributed by atoms with Crippen LogP contribution in [0.25, 0.3) is 32.9 Å². The van der Waals surface area contributed by atoms with Gasteiger partial charge in [-0.2, -0.15) is 0 Å². The first-order chi connectivity index (χ1) is 18.8. The van der Waals surface area contributed by atoms with Crippen LogP contribution in [0.15, 0.2) is 54.6 Å². The molecule has 0 saturated heterocycles. The molecule has 1 heterocycles. The monoisotopic (exact) mass is 533 g/mol. The van der Waals surface area contributed by atoms with E-state index in [-0.39, 0.29) is 5.41 Å². The van der Waals surface area contributed by atoms with Gasteiger partial charge in [-0.3, -0.25) is 0 Å². The molecule has 0 N–H and O–H groups in total. The second kappa shape index (κ2) is 11.0. The van der Waals surface area contributed by atoms with Crippen molar-refractivity contribution in [2.45, 2.75) is 112 Å². The largest absolute Gasteiger partial charge is 0.248 e. The molecule has 1 aromatic heterocycles. The molecule has 1 aliphatic carbocycles. The van der Waals surface area contributed by atoms with Gasteiger partial charge >= 0.3 is 0 Å². The van der Waals surface area contributed by atoms with E-state index in [1.807, 2.05) is 0 Å². The van der Waals surface area contributed by atoms with E-state index in [1.54, 1.807) is 0 Å². The third kappa shape index (κ3) is 5.86. The van der Waals surface area contributed by atoms with Gasteiger partial charge in [0, 0.05) is 10.9 Å². The van der Waals surface area contributed by atoms with Crippen LogP contribution in [0.5, 0.6) is 0 Å². The topological polar surface area (TPSA) is 12.9 Å². The molecule has 1 aliphatic rings. The number of pyridine rings is 1. The summed E-state index contributed by atoms with van der Waals surface area (Å²) in [5.74, 6) is 2.12. The third-order valence-corrected chi connectivity index (χ3v) is 9.42. The Bertz CT molecular complexity index is 1490. The number of fused-ring (bicyclic) bond motifs is 2. The molecular formula is C39H51N. The minimum absolute atomic E-state index is 0.0575. The van der Waals surface area contributed by atoms with Crippen LogP contribution in [0.4, 0.5) is 0 Å².